The molecule has 1 rings (SSSR count). The normalized spacial score (nSPS) is 14.1. The molecule has 92 valence electrons. The van der Waals surface area contributed by atoms with E-state index in [1.807, 2.05) is 24.0 Å². The van der Waals surface area contributed by atoms with Gasteiger partial charge in [-0.15, -0.1) is 0 Å². The summed E-state index contributed by atoms with van der Waals surface area (Å²) in [7, 11) is 3.69. The smallest absolute Gasteiger partial charge is 0.0637 e. The molecule has 0 spiro atoms. The summed E-state index contributed by atoms with van der Waals surface area (Å²) in [6, 6.07) is 2.21. The van der Waals surface area contributed by atoms with Crippen LogP contribution in [0.15, 0.2) is 12.3 Å². The van der Waals surface area contributed by atoms with Crippen LogP contribution in [0.25, 0.3) is 0 Å². The summed E-state index contributed by atoms with van der Waals surface area (Å²) in [6.07, 6.45) is 4.63. The van der Waals surface area contributed by atoms with Crippen molar-refractivity contribution in [2.75, 3.05) is 7.11 Å². The van der Waals surface area contributed by atoms with Crippen LogP contribution in [0.2, 0.25) is 0 Å². The summed E-state index contributed by atoms with van der Waals surface area (Å²) < 4.78 is 7.27. The van der Waals surface area contributed by atoms with E-state index in [2.05, 4.69) is 18.9 Å². The molecular formula is C12H23N3O. The molecule has 2 N–H and O–H groups in total. The predicted molar refractivity (Wildman–Crippen MR) is 65.2 cm³/mol. The Kier molecular flexibility index (Phi) is 4.50. The standard InChI is InChI=1S/C12H23N3O/c1-12(2,16-4)9-10(13)5-6-11-7-8-14-15(11)3/h7-8,10H,5-6,9,13H2,1-4H3. The number of hydrogen-bond donors (Lipinski definition) is 1. The fourth-order valence-electron chi connectivity index (χ4n) is 1.80. The molecule has 0 saturated heterocycles. The first-order valence-corrected chi connectivity index (χ1v) is 5.72. The van der Waals surface area contributed by atoms with Gasteiger partial charge >= 0.3 is 0 Å². The fraction of sp³-hybridized carbons (Fsp3) is 0.750. The third-order valence-corrected chi connectivity index (χ3v) is 3.00. The van der Waals surface area contributed by atoms with Gasteiger partial charge in [0.2, 0.25) is 0 Å². The zero-order valence-corrected chi connectivity index (χ0v) is 10.7. The highest BCUT2D eigenvalue weighted by Gasteiger charge is 2.20. The summed E-state index contributed by atoms with van der Waals surface area (Å²) in [4.78, 5) is 0. The largest absolute Gasteiger partial charge is 0.379 e. The fourth-order valence-corrected chi connectivity index (χ4v) is 1.80. The van der Waals surface area contributed by atoms with E-state index >= 15 is 0 Å². The second-order valence-electron chi connectivity index (χ2n) is 4.91. The SMILES string of the molecule is COC(C)(C)CC(N)CCc1ccnn1C. The van der Waals surface area contributed by atoms with Gasteiger partial charge in [0, 0.05) is 32.1 Å². The van der Waals surface area contributed by atoms with E-state index in [0.29, 0.717) is 0 Å². The summed E-state index contributed by atoms with van der Waals surface area (Å²) in [5.74, 6) is 0. The molecule has 16 heavy (non-hydrogen) atoms. The minimum absolute atomic E-state index is 0.133. The van der Waals surface area contributed by atoms with Gasteiger partial charge in [-0.25, -0.2) is 0 Å². The average molecular weight is 225 g/mol. The van der Waals surface area contributed by atoms with Crippen LogP contribution in [0.5, 0.6) is 0 Å². The summed E-state index contributed by atoms with van der Waals surface area (Å²) >= 11 is 0. The highest BCUT2D eigenvalue weighted by atomic mass is 16.5. The molecule has 1 atom stereocenters. The van der Waals surface area contributed by atoms with Crippen LogP contribution in [0.3, 0.4) is 0 Å². The Balaban J connectivity index is 2.36. The number of nitrogens with zero attached hydrogens (tertiary/aromatic N) is 2. The summed E-state index contributed by atoms with van der Waals surface area (Å²) in [5.41, 5.74) is 7.19. The molecule has 1 unspecified atom stereocenters. The number of nitrogens with two attached hydrogens (primary N) is 1. The minimum Gasteiger partial charge on any atom is -0.379 e. The second kappa shape index (κ2) is 5.46. The third-order valence-electron chi connectivity index (χ3n) is 3.00. The van der Waals surface area contributed by atoms with Crippen molar-refractivity contribution in [1.82, 2.24) is 9.78 Å². The highest BCUT2D eigenvalue weighted by Crippen LogP contribution is 2.17. The molecule has 1 aromatic heterocycles. The zero-order valence-electron chi connectivity index (χ0n) is 10.7. The van der Waals surface area contributed by atoms with Crippen LogP contribution in [0.1, 0.15) is 32.4 Å². The number of aryl methyl sites for hydroxylation is 2. The number of ether oxygens (including phenoxy) is 1. The van der Waals surface area contributed by atoms with Gasteiger partial charge in [-0.2, -0.15) is 5.10 Å². The summed E-state index contributed by atoms with van der Waals surface area (Å²) in [5, 5.41) is 4.14. The lowest BCUT2D eigenvalue weighted by Gasteiger charge is -2.26. The molecule has 1 aromatic rings. The van der Waals surface area contributed by atoms with E-state index in [9.17, 15) is 0 Å². The van der Waals surface area contributed by atoms with Gasteiger partial charge in [-0.1, -0.05) is 0 Å². The molecule has 1 heterocycles. The maximum absolute atomic E-state index is 6.09. The Morgan fingerprint density at radius 1 is 1.56 bits per heavy atom. The molecule has 0 bridgehead atoms. The topological polar surface area (TPSA) is 53.1 Å². The quantitative estimate of drug-likeness (QED) is 0.798. The van der Waals surface area contributed by atoms with E-state index in [4.69, 9.17) is 10.5 Å². The molecule has 0 aliphatic heterocycles. The van der Waals surface area contributed by atoms with Crippen LogP contribution in [0.4, 0.5) is 0 Å². The van der Waals surface area contributed by atoms with Crippen LogP contribution in [-0.4, -0.2) is 28.5 Å². The second-order valence-corrected chi connectivity index (χ2v) is 4.91. The van der Waals surface area contributed by atoms with Crippen molar-refractivity contribution in [3.8, 4) is 0 Å². The first kappa shape index (κ1) is 13.2. The molecular weight excluding hydrogens is 202 g/mol. The zero-order chi connectivity index (χ0) is 12.2. The van der Waals surface area contributed by atoms with Gasteiger partial charge in [0.15, 0.2) is 0 Å². The van der Waals surface area contributed by atoms with Crippen molar-refractivity contribution < 1.29 is 4.74 Å². The van der Waals surface area contributed by atoms with E-state index < -0.39 is 0 Å². The Morgan fingerprint density at radius 2 is 2.25 bits per heavy atom. The maximum Gasteiger partial charge on any atom is 0.0637 e. The van der Waals surface area contributed by atoms with Crippen LogP contribution < -0.4 is 5.73 Å². The molecule has 4 heteroatoms. The van der Waals surface area contributed by atoms with Crippen molar-refractivity contribution in [3.05, 3.63) is 18.0 Å². The Labute approximate surface area is 97.8 Å². The van der Waals surface area contributed by atoms with E-state index in [1.165, 1.54) is 5.69 Å². The first-order valence-electron chi connectivity index (χ1n) is 5.72. The Hall–Kier alpha value is -0.870. The molecule has 0 amide bonds. The van der Waals surface area contributed by atoms with Crippen molar-refractivity contribution in [2.45, 2.75) is 44.8 Å². The van der Waals surface area contributed by atoms with E-state index in [0.717, 1.165) is 19.3 Å². The van der Waals surface area contributed by atoms with Crippen LogP contribution in [-0.2, 0) is 18.2 Å². The van der Waals surface area contributed by atoms with Gasteiger partial charge < -0.3 is 10.5 Å². The third kappa shape index (κ3) is 3.94. The van der Waals surface area contributed by atoms with Crippen LogP contribution >= 0.6 is 0 Å². The molecule has 0 aliphatic carbocycles. The summed E-state index contributed by atoms with van der Waals surface area (Å²) in [6.45, 7) is 4.13. The van der Waals surface area contributed by atoms with Crippen molar-refractivity contribution in [3.63, 3.8) is 0 Å². The molecule has 0 fully saturated rings. The minimum atomic E-state index is -0.133. The van der Waals surface area contributed by atoms with E-state index in [1.54, 1.807) is 7.11 Å². The number of aromatic nitrogens is 2. The number of methoxy groups -OCH3 is 1. The first-order chi connectivity index (χ1) is 7.44. The van der Waals surface area contributed by atoms with Gasteiger partial charge in [-0.05, 0) is 39.2 Å². The molecule has 0 aliphatic rings. The van der Waals surface area contributed by atoms with Gasteiger partial charge in [-0.3, -0.25) is 4.68 Å². The number of hydrogen-bond acceptors (Lipinski definition) is 3. The highest BCUT2D eigenvalue weighted by molar-refractivity contribution is 5.00. The maximum atomic E-state index is 6.09. The van der Waals surface area contributed by atoms with Crippen LogP contribution in [0, 0.1) is 0 Å². The van der Waals surface area contributed by atoms with Gasteiger partial charge in [0.05, 0.1) is 5.60 Å². The molecule has 0 aromatic carbocycles. The van der Waals surface area contributed by atoms with Crippen molar-refractivity contribution >= 4 is 0 Å². The monoisotopic (exact) mass is 225 g/mol. The van der Waals surface area contributed by atoms with Gasteiger partial charge in [0.25, 0.3) is 0 Å². The Morgan fingerprint density at radius 3 is 2.75 bits per heavy atom. The number of rotatable bonds is 6. The van der Waals surface area contributed by atoms with Crippen molar-refractivity contribution in [2.24, 2.45) is 12.8 Å². The van der Waals surface area contributed by atoms with Crippen molar-refractivity contribution in [1.29, 1.82) is 0 Å². The van der Waals surface area contributed by atoms with E-state index in [-0.39, 0.29) is 11.6 Å². The lowest BCUT2D eigenvalue weighted by Crippen LogP contribution is -2.34. The lowest BCUT2D eigenvalue weighted by atomic mass is 9.96. The average Bonchev–Trinajstić information content (AvgIpc) is 2.60. The Bertz CT molecular complexity index is 320. The molecule has 0 radical (unpaired) electrons. The molecule has 4 nitrogen and oxygen atoms in total. The lowest BCUT2D eigenvalue weighted by molar-refractivity contribution is 0.00957. The molecule has 0 saturated carbocycles. The predicted octanol–water partition coefficient (Wildman–Crippen LogP) is 1.50. The van der Waals surface area contributed by atoms with Gasteiger partial charge in [0.1, 0.15) is 0 Å².